The lowest BCUT2D eigenvalue weighted by atomic mass is 10.1. The van der Waals surface area contributed by atoms with Crippen LogP contribution in [0, 0.1) is 6.92 Å². The van der Waals surface area contributed by atoms with Crippen LogP contribution >= 0.6 is 0 Å². The van der Waals surface area contributed by atoms with Gasteiger partial charge in [-0.2, -0.15) is 5.10 Å². The molecule has 0 atom stereocenters. The molecule has 1 aromatic carbocycles. The summed E-state index contributed by atoms with van der Waals surface area (Å²) in [6.45, 7) is 4.10. The molecular weight excluding hydrogens is 264 g/mol. The highest BCUT2D eigenvalue weighted by Gasteiger charge is 2.34. The smallest absolute Gasteiger partial charge is 0.339 e. The molecule has 1 fully saturated rings. The molecule has 4 heteroatoms. The molecule has 0 amide bonds. The number of rotatable bonds is 5. The Morgan fingerprint density at radius 3 is 2.52 bits per heavy atom. The van der Waals surface area contributed by atoms with E-state index in [4.69, 9.17) is 0 Å². The van der Waals surface area contributed by atoms with Gasteiger partial charge in [-0.25, -0.2) is 9.48 Å². The van der Waals surface area contributed by atoms with Crippen LogP contribution in [0.15, 0.2) is 24.3 Å². The molecule has 1 N–H and O–H groups in total. The molecule has 0 radical (unpaired) electrons. The maximum Gasteiger partial charge on any atom is 0.339 e. The second-order valence-electron chi connectivity index (χ2n) is 5.78. The van der Waals surface area contributed by atoms with Gasteiger partial charge in [-0.05, 0) is 38.3 Å². The highest BCUT2D eigenvalue weighted by Crippen LogP contribution is 2.42. The Morgan fingerprint density at radius 2 is 2.00 bits per heavy atom. The summed E-state index contributed by atoms with van der Waals surface area (Å²) in [7, 11) is 0. The standard InChI is InChI=1S/C17H20N2O2/c1-3-4-14-15(17(20)21)16(12-7-8-12)18-19(14)13-9-5-11(2)6-10-13/h5-6,9-10,12H,3-4,7-8H2,1-2H3,(H,20,21). The lowest BCUT2D eigenvalue weighted by Gasteiger charge is -2.07. The van der Waals surface area contributed by atoms with Gasteiger partial charge >= 0.3 is 5.97 Å². The maximum absolute atomic E-state index is 11.7. The number of aromatic nitrogens is 2. The molecule has 4 nitrogen and oxygen atoms in total. The number of carboxylic acids is 1. The number of nitrogens with zero attached hydrogens (tertiary/aromatic N) is 2. The van der Waals surface area contributed by atoms with Crippen molar-refractivity contribution in [2.45, 2.75) is 45.4 Å². The molecule has 1 heterocycles. The van der Waals surface area contributed by atoms with Crippen molar-refractivity contribution in [1.82, 2.24) is 9.78 Å². The molecule has 0 saturated heterocycles. The molecule has 0 unspecified atom stereocenters. The summed E-state index contributed by atoms with van der Waals surface area (Å²) >= 11 is 0. The quantitative estimate of drug-likeness (QED) is 0.910. The Hall–Kier alpha value is -2.10. The van der Waals surface area contributed by atoms with Crippen molar-refractivity contribution >= 4 is 5.97 Å². The van der Waals surface area contributed by atoms with Gasteiger partial charge in [-0.15, -0.1) is 0 Å². The molecule has 0 aliphatic heterocycles. The first kappa shape index (κ1) is 13.9. The van der Waals surface area contributed by atoms with E-state index in [-0.39, 0.29) is 0 Å². The normalized spacial score (nSPS) is 14.4. The van der Waals surface area contributed by atoms with E-state index in [1.807, 2.05) is 35.9 Å². The first-order valence-corrected chi connectivity index (χ1v) is 7.54. The third kappa shape index (κ3) is 2.58. The van der Waals surface area contributed by atoms with Gasteiger partial charge in [-0.3, -0.25) is 0 Å². The highest BCUT2D eigenvalue weighted by molar-refractivity contribution is 5.91. The summed E-state index contributed by atoms with van der Waals surface area (Å²) in [5.41, 5.74) is 4.16. The second-order valence-corrected chi connectivity index (χ2v) is 5.78. The lowest BCUT2D eigenvalue weighted by molar-refractivity contribution is 0.0694. The number of carboxylic acid groups (broad SMARTS) is 1. The minimum atomic E-state index is -0.848. The fourth-order valence-corrected chi connectivity index (χ4v) is 2.71. The Kier molecular flexibility index (Phi) is 3.53. The number of carbonyl (C=O) groups is 1. The van der Waals surface area contributed by atoms with Crippen LogP contribution in [0.3, 0.4) is 0 Å². The molecule has 110 valence electrons. The van der Waals surface area contributed by atoms with Crippen LogP contribution < -0.4 is 0 Å². The average Bonchev–Trinajstić information content (AvgIpc) is 3.22. The third-order valence-corrected chi connectivity index (χ3v) is 3.95. The monoisotopic (exact) mass is 284 g/mol. The summed E-state index contributed by atoms with van der Waals surface area (Å²) < 4.78 is 1.83. The first-order valence-electron chi connectivity index (χ1n) is 7.54. The van der Waals surface area contributed by atoms with E-state index < -0.39 is 5.97 Å². The van der Waals surface area contributed by atoms with E-state index in [0.717, 1.165) is 42.8 Å². The first-order chi connectivity index (χ1) is 10.1. The van der Waals surface area contributed by atoms with E-state index in [2.05, 4.69) is 12.0 Å². The molecule has 1 aliphatic rings. The van der Waals surface area contributed by atoms with Crippen molar-refractivity contribution in [3.8, 4) is 5.69 Å². The predicted octanol–water partition coefficient (Wildman–Crippen LogP) is 3.71. The van der Waals surface area contributed by atoms with Crippen molar-refractivity contribution < 1.29 is 9.90 Å². The lowest BCUT2D eigenvalue weighted by Crippen LogP contribution is -2.06. The predicted molar refractivity (Wildman–Crippen MR) is 81.2 cm³/mol. The fraction of sp³-hybridized carbons (Fsp3) is 0.412. The van der Waals surface area contributed by atoms with E-state index in [1.165, 1.54) is 5.56 Å². The Morgan fingerprint density at radius 1 is 1.33 bits per heavy atom. The van der Waals surface area contributed by atoms with Crippen LogP contribution in [0.1, 0.15) is 59.4 Å². The molecule has 2 aromatic rings. The number of hydrogen-bond donors (Lipinski definition) is 1. The molecular formula is C17H20N2O2. The van der Waals surface area contributed by atoms with Gasteiger partial charge in [0, 0.05) is 5.92 Å². The molecule has 0 bridgehead atoms. The maximum atomic E-state index is 11.7. The van der Waals surface area contributed by atoms with Crippen LogP contribution in [-0.4, -0.2) is 20.9 Å². The largest absolute Gasteiger partial charge is 0.478 e. The Labute approximate surface area is 124 Å². The van der Waals surface area contributed by atoms with Crippen LogP contribution in [0.2, 0.25) is 0 Å². The van der Waals surface area contributed by atoms with E-state index in [9.17, 15) is 9.90 Å². The minimum absolute atomic E-state index is 0.332. The van der Waals surface area contributed by atoms with Crippen molar-refractivity contribution in [1.29, 1.82) is 0 Å². The zero-order chi connectivity index (χ0) is 15.0. The van der Waals surface area contributed by atoms with Gasteiger partial charge in [0.1, 0.15) is 5.56 Å². The summed E-state index contributed by atoms with van der Waals surface area (Å²) in [5, 5.41) is 14.2. The average molecular weight is 284 g/mol. The molecule has 1 aromatic heterocycles. The van der Waals surface area contributed by atoms with Gasteiger partial charge in [0.2, 0.25) is 0 Å². The number of benzene rings is 1. The number of aryl methyl sites for hydroxylation is 1. The van der Waals surface area contributed by atoms with Crippen molar-refractivity contribution in [2.24, 2.45) is 0 Å². The Balaban J connectivity index is 2.16. The van der Waals surface area contributed by atoms with Gasteiger partial charge < -0.3 is 5.11 Å². The number of aromatic carboxylic acids is 1. The van der Waals surface area contributed by atoms with Crippen LogP contribution in [0.4, 0.5) is 0 Å². The second kappa shape index (κ2) is 5.35. The molecule has 0 spiro atoms. The van der Waals surface area contributed by atoms with Crippen LogP contribution in [0.25, 0.3) is 5.69 Å². The molecule has 21 heavy (non-hydrogen) atoms. The summed E-state index contributed by atoms with van der Waals surface area (Å²) in [6, 6.07) is 8.07. The third-order valence-electron chi connectivity index (χ3n) is 3.95. The van der Waals surface area contributed by atoms with E-state index in [1.54, 1.807) is 0 Å². The van der Waals surface area contributed by atoms with E-state index in [0.29, 0.717) is 11.5 Å². The Bertz CT molecular complexity index is 667. The molecule has 1 aliphatic carbocycles. The minimum Gasteiger partial charge on any atom is -0.478 e. The van der Waals surface area contributed by atoms with Crippen molar-refractivity contribution in [3.05, 3.63) is 46.8 Å². The summed E-state index contributed by atoms with van der Waals surface area (Å²) in [6.07, 6.45) is 3.74. The van der Waals surface area contributed by atoms with Crippen molar-refractivity contribution in [2.75, 3.05) is 0 Å². The van der Waals surface area contributed by atoms with Gasteiger partial charge in [0.05, 0.1) is 17.1 Å². The zero-order valence-corrected chi connectivity index (χ0v) is 12.5. The van der Waals surface area contributed by atoms with Crippen molar-refractivity contribution in [3.63, 3.8) is 0 Å². The van der Waals surface area contributed by atoms with Gasteiger partial charge in [0.25, 0.3) is 0 Å². The fourth-order valence-electron chi connectivity index (χ4n) is 2.71. The van der Waals surface area contributed by atoms with E-state index >= 15 is 0 Å². The SMILES string of the molecule is CCCc1c(C(=O)O)c(C2CC2)nn1-c1ccc(C)cc1. The molecule has 1 saturated carbocycles. The van der Waals surface area contributed by atoms with Crippen LogP contribution in [0.5, 0.6) is 0 Å². The zero-order valence-electron chi connectivity index (χ0n) is 12.5. The number of hydrogen-bond acceptors (Lipinski definition) is 2. The summed E-state index contributed by atoms with van der Waals surface area (Å²) in [5.74, 6) is -0.517. The van der Waals surface area contributed by atoms with Gasteiger partial charge in [-0.1, -0.05) is 31.0 Å². The molecule has 3 rings (SSSR count). The van der Waals surface area contributed by atoms with Crippen LogP contribution in [-0.2, 0) is 6.42 Å². The highest BCUT2D eigenvalue weighted by atomic mass is 16.4. The van der Waals surface area contributed by atoms with Gasteiger partial charge in [0.15, 0.2) is 0 Å². The topological polar surface area (TPSA) is 55.1 Å². The summed E-state index contributed by atoms with van der Waals surface area (Å²) in [4.78, 5) is 11.7.